The lowest BCUT2D eigenvalue weighted by Gasteiger charge is -2.28. The Morgan fingerprint density at radius 2 is 0.430 bits per heavy atom. The van der Waals surface area contributed by atoms with Gasteiger partial charge in [0.1, 0.15) is 0 Å². The van der Waals surface area contributed by atoms with E-state index < -0.39 is 12.2 Å². The molecule has 0 heterocycles. The molecule has 0 aromatic rings. The van der Waals surface area contributed by atoms with Crippen molar-refractivity contribution in [2.75, 3.05) is 489 Å². The molecule has 0 fully saturated rings. The minimum absolute atomic E-state index is 0.00320. The van der Waals surface area contributed by atoms with E-state index in [1.165, 1.54) is 0 Å². The third kappa shape index (κ3) is 86.8. The molecule has 0 aliphatic carbocycles. The number of rotatable bonds is 103. The average molecular weight is 1660 g/mol. The van der Waals surface area contributed by atoms with Crippen LogP contribution in [-0.2, 0) is 85.3 Å². The highest BCUT2D eigenvalue weighted by Crippen LogP contribution is 2.00. The largest absolute Gasteiger partial charge is 0.394 e. The third-order valence-electron chi connectivity index (χ3n) is 17.4. The summed E-state index contributed by atoms with van der Waals surface area (Å²) in [6, 6.07) is 0. The molecule has 0 bridgehead atoms. The van der Waals surface area contributed by atoms with Crippen molar-refractivity contribution in [3.63, 3.8) is 0 Å². The highest BCUT2D eigenvalue weighted by molar-refractivity contribution is 4.72. The van der Waals surface area contributed by atoms with Gasteiger partial charge in [-0.05, 0) is 0 Å². The van der Waals surface area contributed by atoms with Gasteiger partial charge in [0, 0.05) is 264 Å². The van der Waals surface area contributed by atoms with Crippen LogP contribution >= 0.6 is 0 Å². The molecule has 38 nitrogen and oxygen atoms in total. The zero-order chi connectivity index (χ0) is 82.5. The standard InChI is InChI=1S/C76H170N16O22/c1-97-49-53-105-45-37-91(35-43-103-47-39-93)33-31-89(28-16-83-19-41-101-57-59-109-63-61-107-55-51-99-3)26-14-81-12-23-87(21-6-78)22-11-80-8-9-85-71-75(95)73-113-69-67-111-65-66-112-68-70-114-74-76(96)72-86-18-30-88(24-10-79-7-5-77)25-13-82-15-27-90(29-17-84-20-42-102-58-60-110-64-62-108-56-52-100-4)32-34-92(36-44-104-48-40-94)38-46-106-54-50-98-2/h75-76,79-86,93-96H,5-74,77-78H2,1-4H3. The second-order valence-corrected chi connectivity index (χ2v) is 26.8. The monoisotopic (exact) mass is 1660 g/mol. The van der Waals surface area contributed by atoms with Crippen LogP contribution in [0.4, 0.5) is 0 Å². The number of hydrogen-bond donors (Lipinski definition) is 14. The van der Waals surface area contributed by atoms with Gasteiger partial charge in [0.05, 0.1) is 237 Å². The minimum atomic E-state index is -0.652. The maximum atomic E-state index is 10.6. The van der Waals surface area contributed by atoms with E-state index in [4.69, 9.17) is 96.7 Å². The summed E-state index contributed by atoms with van der Waals surface area (Å²) in [5.41, 5.74) is 11.8. The van der Waals surface area contributed by atoms with Crippen LogP contribution in [0.25, 0.3) is 0 Å². The Morgan fingerprint density at radius 3 is 0.737 bits per heavy atom. The SMILES string of the molecule is COCCOCCOCCOCCNCCN(CCNCCN(CCN)CCNCCNCC(O)COCCOCCOCCOCC(O)CNCCN(CCNCCN)CCNCCN(CCNCCOCCOCCOCCOC)CCN(CCOCCO)CCOCCOC)CCN(CCOCCO)CCOCCOC. The zero-order valence-electron chi connectivity index (χ0n) is 71.6. The van der Waals surface area contributed by atoms with Crippen molar-refractivity contribution in [1.29, 1.82) is 0 Å². The van der Waals surface area contributed by atoms with Crippen LogP contribution in [0.1, 0.15) is 0 Å². The molecule has 0 spiro atoms. The molecule has 0 saturated carbocycles. The molecule has 114 heavy (non-hydrogen) atoms. The number of methoxy groups -OCH3 is 4. The van der Waals surface area contributed by atoms with Crippen molar-refractivity contribution in [1.82, 2.24) is 71.9 Å². The van der Waals surface area contributed by atoms with Crippen molar-refractivity contribution >= 4 is 0 Å². The van der Waals surface area contributed by atoms with Gasteiger partial charge >= 0.3 is 0 Å². The van der Waals surface area contributed by atoms with Gasteiger partial charge in [-0.15, -0.1) is 0 Å². The Labute approximate surface area is 687 Å². The fourth-order valence-electron chi connectivity index (χ4n) is 10.8. The summed E-state index contributed by atoms with van der Waals surface area (Å²) in [6.07, 6.45) is -1.29. The van der Waals surface area contributed by atoms with Crippen LogP contribution in [0.2, 0.25) is 0 Å². The van der Waals surface area contributed by atoms with E-state index in [-0.39, 0.29) is 26.4 Å². The Balaban J connectivity index is 4.55. The fourth-order valence-corrected chi connectivity index (χ4v) is 10.8. The molecule has 0 aliphatic heterocycles. The zero-order valence-corrected chi connectivity index (χ0v) is 71.6. The maximum absolute atomic E-state index is 10.6. The summed E-state index contributed by atoms with van der Waals surface area (Å²) in [4.78, 5) is 14.5. The molecule has 38 heteroatoms. The number of hydrogen-bond acceptors (Lipinski definition) is 38. The first kappa shape index (κ1) is 112. The van der Waals surface area contributed by atoms with E-state index >= 15 is 0 Å². The average Bonchev–Trinajstić information content (AvgIpc) is 0.970. The summed E-state index contributed by atoms with van der Waals surface area (Å²) in [7, 11) is 6.65. The van der Waals surface area contributed by atoms with E-state index in [9.17, 15) is 20.4 Å². The van der Waals surface area contributed by atoms with Gasteiger partial charge in [-0.25, -0.2) is 0 Å². The molecule has 0 aromatic carbocycles. The first-order valence-electron chi connectivity index (χ1n) is 42.3. The van der Waals surface area contributed by atoms with E-state index in [0.29, 0.717) is 231 Å². The topological polar surface area (TPSA) is 415 Å². The van der Waals surface area contributed by atoms with Crippen LogP contribution in [0.15, 0.2) is 0 Å². The Hall–Kier alpha value is -1.52. The lowest BCUT2D eigenvalue weighted by molar-refractivity contribution is -0.0238. The number of nitrogens with zero attached hydrogens (tertiary/aromatic N) is 6. The summed E-state index contributed by atoms with van der Waals surface area (Å²) < 4.78 is 99.4. The predicted molar refractivity (Wildman–Crippen MR) is 445 cm³/mol. The van der Waals surface area contributed by atoms with Gasteiger partial charge in [-0.2, -0.15) is 0 Å². The predicted octanol–water partition coefficient (Wildman–Crippen LogP) is -7.04. The molecular weight excluding hydrogens is 1490 g/mol. The fraction of sp³-hybridized carbons (Fsp3) is 1.00. The molecule has 2 unspecified atom stereocenters. The quantitative estimate of drug-likeness (QED) is 0.0252. The maximum Gasteiger partial charge on any atom is 0.0897 e. The van der Waals surface area contributed by atoms with Crippen molar-refractivity contribution in [3.8, 4) is 0 Å². The summed E-state index contributed by atoms with van der Waals surface area (Å²) >= 11 is 0. The molecule has 686 valence electrons. The van der Waals surface area contributed by atoms with Crippen LogP contribution < -0.4 is 54.0 Å². The van der Waals surface area contributed by atoms with Crippen LogP contribution in [0.3, 0.4) is 0 Å². The molecule has 2 atom stereocenters. The first-order chi connectivity index (χ1) is 56.3. The molecular formula is C76H170N16O22. The van der Waals surface area contributed by atoms with Crippen LogP contribution in [0.5, 0.6) is 0 Å². The van der Waals surface area contributed by atoms with Crippen molar-refractivity contribution in [2.24, 2.45) is 11.5 Å². The molecule has 0 aliphatic rings. The van der Waals surface area contributed by atoms with Gasteiger partial charge in [-0.1, -0.05) is 0 Å². The number of ether oxygens (including phenoxy) is 18. The van der Waals surface area contributed by atoms with E-state index in [2.05, 4.69) is 71.9 Å². The smallest absolute Gasteiger partial charge is 0.0897 e. The van der Waals surface area contributed by atoms with E-state index in [1.54, 1.807) is 28.4 Å². The Kier molecular flexibility index (Phi) is 95.6. The summed E-state index contributed by atoms with van der Waals surface area (Å²) in [5.74, 6) is 0. The second kappa shape index (κ2) is 96.9. The van der Waals surface area contributed by atoms with Gasteiger partial charge in [0.25, 0.3) is 0 Å². The van der Waals surface area contributed by atoms with Crippen molar-refractivity contribution < 1.29 is 106 Å². The number of nitrogens with one attached hydrogen (secondary N) is 8. The lowest BCUT2D eigenvalue weighted by atomic mass is 10.3. The number of nitrogens with two attached hydrogens (primary N) is 2. The van der Waals surface area contributed by atoms with Gasteiger partial charge < -0.3 is 160 Å². The molecule has 0 amide bonds. The minimum Gasteiger partial charge on any atom is -0.394 e. The lowest BCUT2D eigenvalue weighted by Crippen LogP contribution is -2.45. The van der Waals surface area contributed by atoms with Crippen molar-refractivity contribution in [3.05, 3.63) is 0 Å². The highest BCUT2D eigenvalue weighted by Gasteiger charge is 2.15. The number of aliphatic hydroxyl groups excluding tert-OH is 4. The molecule has 16 N–H and O–H groups in total. The molecule has 0 aromatic heterocycles. The second-order valence-electron chi connectivity index (χ2n) is 26.8. The van der Waals surface area contributed by atoms with E-state index in [1.807, 2.05) is 0 Å². The van der Waals surface area contributed by atoms with Crippen LogP contribution in [0, 0.1) is 0 Å². The highest BCUT2D eigenvalue weighted by atomic mass is 16.6. The van der Waals surface area contributed by atoms with Crippen molar-refractivity contribution in [2.45, 2.75) is 12.2 Å². The molecule has 0 saturated heterocycles. The third-order valence-corrected chi connectivity index (χ3v) is 17.4. The molecule has 0 rings (SSSR count). The molecule has 0 radical (unpaired) electrons. The van der Waals surface area contributed by atoms with E-state index in [0.717, 1.165) is 203 Å². The normalized spacial score (nSPS) is 12.7. The summed E-state index contributed by atoms with van der Waals surface area (Å²) in [6.45, 7) is 44.0. The Bertz CT molecular complexity index is 1800. The summed E-state index contributed by atoms with van der Waals surface area (Å²) in [5, 5.41) is 67.7. The van der Waals surface area contributed by atoms with Gasteiger partial charge in [0.15, 0.2) is 0 Å². The number of aliphatic hydroxyl groups is 4. The van der Waals surface area contributed by atoms with Gasteiger partial charge in [-0.3, -0.25) is 29.4 Å². The van der Waals surface area contributed by atoms with Crippen LogP contribution in [-0.4, -0.2) is 551 Å². The Morgan fingerprint density at radius 1 is 0.211 bits per heavy atom. The first-order valence-corrected chi connectivity index (χ1v) is 42.3. The van der Waals surface area contributed by atoms with Gasteiger partial charge in [0.2, 0.25) is 0 Å².